The van der Waals surface area contributed by atoms with Crippen LogP contribution in [0.1, 0.15) is 32.1 Å². The Balaban J connectivity index is 1.25. The monoisotopic (exact) mass is 341 g/mol. The van der Waals surface area contributed by atoms with E-state index >= 15 is 0 Å². The molecule has 1 N–H and O–H groups in total. The molecule has 1 aromatic rings. The Labute approximate surface area is 149 Å². The smallest absolute Gasteiger partial charge is 0.229 e. The molecule has 4 bridgehead atoms. The summed E-state index contributed by atoms with van der Waals surface area (Å²) in [6.07, 6.45) is 8.38. The second-order valence-corrected chi connectivity index (χ2v) is 8.45. The van der Waals surface area contributed by atoms with Gasteiger partial charge in [-0.2, -0.15) is 0 Å². The SMILES string of the molecule is O=C(Nc1ccc(N2CCOCC2)cn1)C1C2CC3CC(C2)CC1C3. The predicted molar refractivity (Wildman–Crippen MR) is 96.4 cm³/mol. The number of pyridine rings is 1. The molecule has 5 nitrogen and oxygen atoms in total. The zero-order valence-electron chi connectivity index (χ0n) is 14.7. The van der Waals surface area contributed by atoms with E-state index in [1.54, 1.807) is 0 Å². The molecule has 1 amide bonds. The lowest BCUT2D eigenvalue weighted by atomic mass is 9.51. The topological polar surface area (TPSA) is 54.5 Å². The van der Waals surface area contributed by atoms with E-state index < -0.39 is 0 Å². The predicted octanol–water partition coefficient (Wildman–Crippen LogP) is 2.93. The molecule has 6 rings (SSSR count). The van der Waals surface area contributed by atoms with E-state index in [9.17, 15) is 4.79 Å². The van der Waals surface area contributed by atoms with E-state index in [0.29, 0.717) is 17.7 Å². The van der Waals surface area contributed by atoms with Crippen LogP contribution in [0.25, 0.3) is 0 Å². The first kappa shape index (κ1) is 15.6. The van der Waals surface area contributed by atoms with Gasteiger partial charge >= 0.3 is 0 Å². The number of nitrogens with one attached hydrogen (secondary N) is 1. The maximum absolute atomic E-state index is 12.9. The van der Waals surface area contributed by atoms with Crippen molar-refractivity contribution in [2.45, 2.75) is 32.1 Å². The highest BCUT2D eigenvalue weighted by Crippen LogP contribution is 2.56. The van der Waals surface area contributed by atoms with Gasteiger partial charge in [-0.25, -0.2) is 4.98 Å². The highest BCUT2D eigenvalue weighted by Gasteiger charge is 2.50. The molecule has 0 radical (unpaired) electrons. The highest BCUT2D eigenvalue weighted by atomic mass is 16.5. The van der Waals surface area contributed by atoms with E-state index in [1.807, 2.05) is 12.3 Å². The minimum atomic E-state index is 0.209. The number of nitrogens with zero attached hydrogens (tertiary/aromatic N) is 2. The average Bonchev–Trinajstić information content (AvgIpc) is 2.62. The van der Waals surface area contributed by atoms with Crippen molar-refractivity contribution in [1.29, 1.82) is 0 Å². The minimum Gasteiger partial charge on any atom is -0.378 e. The highest BCUT2D eigenvalue weighted by molar-refractivity contribution is 5.92. The number of aromatic nitrogens is 1. The summed E-state index contributed by atoms with van der Waals surface area (Å²) in [6.45, 7) is 3.35. The molecule has 25 heavy (non-hydrogen) atoms. The van der Waals surface area contributed by atoms with Crippen molar-refractivity contribution < 1.29 is 9.53 Å². The van der Waals surface area contributed by atoms with Gasteiger partial charge in [0.25, 0.3) is 0 Å². The first-order valence-corrected chi connectivity index (χ1v) is 9.86. The van der Waals surface area contributed by atoms with Crippen molar-refractivity contribution in [3.63, 3.8) is 0 Å². The van der Waals surface area contributed by atoms with Crippen LogP contribution in [0.15, 0.2) is 18.3 Å². The molecule has 0 atom stereocenters. The lowest BCUT2D eigenvalue weighted by molar-refractivity contribution is -0.132. The van der Waals surface area contributed by atoms with Crippen molar-refractivity contribution in [3.05, 3.63) is 18.3 Å². The maximum atomic E-state index is 12.9. The van der Waals surface area contributed by atoms with Crippen LogP contribution >= 0.6 is 0 Å². The normalized spacial score (nSPS) is 36.5. The van der Waals surface area contributed by atoms with Crippen molar-refractivity contribution in [1.82, 2.24) is 4.98 Å². The van der Waals surface area contributed by atoms with Crippen LogP contribution in [-0.2, 0) is 9.53 Å². The van der Waals surface area contributed by atoms with E-state index in [4.69, 9.17) is 4.74 Å². The van der Waals surface area contributed by atoms with Gasteiger partial charge in [0, 0.05) is 19.0 Å². The molecule has 1 saturated heterocycles. The molecule has 0 unspecified atom stereocenters. The largest absolute Gasteiger partial charge is 0.378 e. The Morgan fingerprint density at radius 2 is 1.72 bits per heavy atom. The molecule has 134 valence electrons. The average molecular weight is 341 g/mol. The van der Waals surface area contributed by atoms with Crippen LogP contribution in [0, 0.1) is 29.6 Å². The van der Waals surface area contributed by atoms with Gasteiger partial charge in [0.05, 0.1) is 25.1 Å². The number of rotatable bonds is 3. The van der Waals surface area contributed by atoms with Crippen LogP contribution in [-0.4, -0.2) is 37.2 Å². The van der Waals surface area contributed by atoms with Gasteiger partial charge in [-0.05, 0) is 67.9 Å². The molecule has 0 aromatic carbocycles. The van der Waals surface area contributed by atoms with E-state index in [-0.39, 0.29) is 11.8 Å². The molecule has 1 aromatic heterocycles. The molecule has 4 aliphatic carbocycles. The minimum absolute atomic E-state index is 0.209. The fourth-order valence-corrected chi connectivity index (χ4v) is 6.03. The van der Waals surface area contributed by atoms with Gasteiger partial charge in [-0.3, -0.25) is 4.79 Å². The third-order valence-electron chi connectivity index (χ3n) is 6.90. The zero-order valence-corrected chi connectivity index (χ0v) is 14.7. The van der Waals surface area contributed by atoms with Gasteiger partial charge in [-0.15, -0.1) is 0 Å². The van der Waals surface area contributed by atoms with Crippen molar-refractivity contribution in [3.8, 4) is 0 Å². The summed E-state index contributed by atoms with van der Waals surface area (Å²) in [4.78, 5) is 19.7. The van der Waals surface area contributed by atoms with Crippen LogP contribution in [0.2, 0.25) is 0 Å². The third kappa shape index (κ3) is 2.92. The van der Waals surface area contributed by atoms with Gasteiger partial charge in [0.15, 0.2) is 0 Å². The first-order valence-electron chi connectivity index (χ1n) is 9.86. The third-order valence-corrected chi connectivity index (χ3v) is 6.90. The second-order valence-electron chi connectivity index (χ2n) is 8.45. The molecular formula is C20H27N3O2. The van der Waals surface area contributed by atoms with Gasteiger partial charge in [0.1, 0.15) is 5.82 Å². The molecular weight excluding hydrogens is 314 g/mol. The van der Waals surface area contributed by atoms with Crippen LogP contribution in [0.3, 0.4) is 0 Å². The molecule has 5 aliphatic rings. The quantitative estimate of drug-likeness (QED) is 0.918. The summed E-state index contributed by atoms with van der Waals surface area (Å²) in [6, 6.07) is 4.00. The number of hydrogen-bond donors (Lipinski definition) is 1. The number of carbonyl (C=O) groups is 1. The summed E-state index contributed by atoms with van der Waals surface area (Å²) in [5.41, 5.74) is 1.11. The van der Waals surface area contributed by atoms with Crippen molar-refractivity contribution in [2.75, 3.05) is 36.5 Å². The summed E-state index contributed by atoms with van der Waals surface area (Å²) < 4.78 is 5.39. The zero-order chi connectivity index (χ0) is 16.8. The Kier molecular flexibility index (Phi) is 3.92. The molecule has 5 heteroatoms. The standard InChI is InChI=1S/C20H27N3O2/c24-20(19-15-8-13-7-14(10-15)11-16(19)9-13)22-18-2-1-17(12-21-18)23-3-5-25-6-4-23/h1-2,12-16,19H,3-11H2,(H,21,22,24). The molecule has 0 spiro atoms. The maximum Gasteiger partial charge on any atom is 0.229 e. The van der Waals surface area contributed by atoms with Crippen molar-refractivity contribution in [2.24, 2.45) is 29.6 Å². The van der Waals surface area contributed by atoms with Gasteiger partial charge in [0.2, 0.25) is 5.91 Å². The van der Waals surface area contributed by atoms with Gasteiger partial charge < -0.3 is 15.0 Å². The number of carbonyl (C=O) groups excluding carboxylic acids is 1. The Bertz CT molecular complexity index is 611. The second kappa shape index (κ2) is 6.27. The lowest BCUT2D eigenvalue weighted by Crippen LogP contribution is -2.49. The molecule has 4 saturated carbocycles. The van der Waals surface area contributed by atoms with E-state index in [1.165, 1.54) is 32.1 Å². The number of hydrogen-bond acceptors (Lipinski definition) is 4. The Morgan fingerprint density at radius 1 is 1.04 bits per heavy atom. The summed E-state index contributed by atoms with van der Waals surface area (Å²) in [7, 11) is 0. The van der Waals surface area contributed by atoms with Crippen LogP contribution in [0.4, 0.5) is 11.5 Å². The van der Waals surface area contributed by atoms with Crippen molar-refractivity contribution >= 4 is 17.4 Å². The molecule has 1 aliphatic heterocycles. The van der Waals surface area contributed by atoms with Crippen LogP contribution in [0.5, 0.6) is 0 Å². The number of ether oxygens (including phenoxy) is 1. The van der Waals surface area contributed by atoms with E-state index in [0.717, 1.165) is 43.8 Å². The molecule has 5 fully saturated rings. The summed E-state index contributed by atoms with van der Waals surface area (Å²) in [5, 5.41) is 3.11. The number of amides is 1. The number of anilines is 2. The fourth-order valence-electron chi connectivity index (χ4n) is 6.03. The Hall–Kier alpha value is -1.62. The number of morpholine rings is 1. The fraction of sp³-hybridized carbons (Fsp3) is 0.700. The van der Waals surface area contributed by atoms with Crippen LogP contribution < -0.4 is 10.2 Å². The lowest BCUT2D eigenvalue weighted by Gasteiger charge is -2.53. The first-order chi connectivity index (χ1) is 12.3. The summed E-state index contributed by atoms with van der Waals surface area (Å²) >= 11 is 0. The van der Waals surface area contributed by atoms with E-state index in [2.05, 4.69) is 21.3 Å². The summed E-state index contributed by atoms with van der Waals surface area (Å²) in [5.74, 6) is 4.15. The Morgan fingerprint density at radius 3 is 2.32 bits per heavy atom. The molecule has 2 heterocycles. The van der Waals surface area contributed by atoms with Gasteiger partial charge in [-0.1, -0.05) is 0 Å².